The highest BCUT2D eigenvalue weighted by Gasteiger charge is 2.16. The second-order valence-electron chi connectivity index (χ2n) is 6.07. The summed E-state index contributed by atoms with van der Waals surface area (Å²) >= 11 is 0. The van der Waals surface area contributed by atoms with Crippen LogP contribution in [-0.4, -0.2) is 62.6 Å². The van der Waals surface area contributed by atoms with Gasteiger partial charge in [-0.3, -0.25) is 4.99 Å². The summed E-state index contributed by atoms with van der Waals surface area (Å²) in [6.45, 7) is 7.34. The molecule has 0 spiro atoms. The van der Waals surface area contributed by atoms with Crippen LogP contribution in [0.1, 0.15) is 25.3 Å². The van der Waals surface area contributed by atoms with E-state index in [4.69, 9.17) is 0 Å². The van der Waals surface area contributed by atoms with Gasteiger partial charge in [-0.2, -0.15) is 0 Å². The van der Waals surface area contributed by atoms with Crippen molar-refractivity contribution in [3.05, 3.63) is 41.5 Å². The second-order valence-corrected chi connectivity index (χ2v) is 6.07. The number of likely N-dealkylation sites (tertiary alicyclic amines) is 1. The van der Waals surface area contributed by atoms with Gasteiger partial charge in [-0.05, 0) is 32.0 Å². The van der Waals surface area contributed by atoms with Crippen molar-refractivity contribution < 1.29 is 0 Å². The van der Waals surface area contributed by atoms with E-state index < -0.39 is 0 Å². The average molecular weight is 314 g/mol. The van der Waals surface area contributed by atoms with Crippen LogP contribution in [0.4, 0.5) is 0 Å². The number of benzene rings is 1. The Kier molecular flexibility index (Phi) is 7.14. The Morgan fingerprint density at radius 1 is 1.26 bits per heavy atom. The fraction of sp³-hybridized carbons (Fsp3) is 0.526. The molecule has 4 nitrogen and oxygen atoms in total. The molecule has 1 aromatic carbocycles. The smallest absolute Gasteiger partial charge is 0.193 e. The summed E-state index contributed by atoms with van der Waals surface area (Å²) in [4.78, 5) is 9.11. The van der Waals surface area contributed by atoms with Crippen molar-refractivity contribution in [3.8, 4) is 0 Å². The van der Waals surface area contributed by atoms with E-state index >= 15 is 0 Å². The third-order valence-corrected chi connectivity index (χ3v) is 4.40. The maximum absolute atomic E-state index is 4.44. The SMILES string of the molecule is CCN(C)CCNC(=NC)N1CCC(=Cc2ccccc2)CC1. The zero-order valence-electron chi connectivity index (χ0n) is 14.8. The van der Waals surface area contributed by atoms with E-state index in [1.54, 1.807) is 0 Å². The molecule has 0 unspecified atom stereocenters. The number of hydrogen-bond acceptors (Lipinski definition) is 2. The van der Waals surface area contributed by atoms with Crippen molar-refractivity contribution in [1.82, 2.24) is 15.1 Å². The molecule has 0 aromatic heterocycles. The highest BCUT2D eigenvalue weighted by molar-refractivity contribution is 5.80. The van der Waals surface area contributed by atoms with E-state index in [0.717, 1.165) is 51.5 Å². The van der Waals surface area contributed by atoms with E-state index in [9.17, 15) is 0 Å². The van der Waals surface area contributed by atoms with E-state index in [0.29, 0.717) is 0 Å². The molecule has 0 bridgehead atoms. The predicted octanol–water partition coefficient (Wildman–Crippen LogP) is 2.69. The van der Waals surface area contributed by atoms with Gasteiger partial charge in [0.15, 0.2) is 5.96 Å². The molecular formula is C19H30N4. The van der Waals surface area contributed by atoms with Crippen LogP contribution >= 0.6 is 0 Å². The molecule has 0 amide bonds. The van der Waals surface area contributed by atoms with E-state index in [1.807, 2.05) is 7.05 Å². The highest BCUT2D eigenvalue weighted by atomic mass is 15.3. The van der Waals surface area contributed by atoms with Gasteiger partial charge in [0.05, 0.1) is 0 Å². The molecule has 23 heavy (non-hydrogen) atoms. The van der Waals surface area contributed by atoms with Gasteiger partial charge in [-0.1, -0.05) is 48.9 Å². The fourth-order valence-electron chi connectivity index (χ4n) is 2.78. The molecule has 1 fully saturated rings. The molecule has 126 valence electrons. The maximum Gasteiger partial charge on any atom is 0.193 e. The third-order valence-electron chi connectivity index (χ3n) is 4.40. The minimum Gasteiger partial charge on any atom is -0.355 e. The van der Waals surface area contributed by atoms with Crippen molar-refractivity contribution in [2.45, 2.75) is 19.8 Å². The molecular weight excluding hydrogens is 284 g/mol. The summed E-state index contributed by atoms with van der Waals surface area (Å²) in [7, 11) is 4.02. The normalized spacial score (nSPS) is 15.9. The number of hydrogen-bond donors (Lipinski definition) is 1. The largest absolute Gasteiger partial charge is 0.355 e. The van der Waals surface area contributed by atoms with Gasteiger partial charge < -0.3 is 15.1 Å². The molecule has 1 saturated heterocycles. The van der Waals surface area contributed by atoms with Crippen LogP contribution in [0.2, 0.25) is 0 Å². The number of nitrogens with zero attached hydrogens (tertiary/aromatic N) is 3. The van der Waals surface area contributed by atoms with Crippen LogP contribution in [0.5, 0.6) is 0 Å². The average Bonchev–Trinajstić information content (AvgIpc) is 2.60. The van der Waals surface area contributed by atoms with Crippen LogP contribution in [0, 0.1) is 0 Å². The Hall–Kier alpha value is -1.81. The molecule has 0 radical (unpaired) electrons. The molecule has 1 aliphatic heterocycles. The predicted molar refractivity (Wildman–Crippen MR) is 99.8 cm³/mol. The lowest BCUT2D eigenvalue weighted by atomic mass is 10.0. The van der Waals surface area contributed by atoms with Crippen molar-refractivity contribution in [1.29, 1.82) is 0 Å². The zero-order valence-corrected chi connectivity index (χ0v) is 14.8. The molecule has 0 atom stereocenters. The lowest BCUT2D eigenvalue weighted by molar-refractivity contribution is 0.344. The van der Waals surface area contributed by atoms with Gasteiger partial charge in [0.1, 0.15) is 0 Å². The van der Waals surface area contributed by atoms with E-state index in [2.05, 4.69) is 70.5 Å². The number of aliphatic imine (C=N–C) groups is 1. The van der Waals surface area contributed by atoms with Crippen LogP contribution in [-0.2, 0) is 0 Å². The van der Waals surface area contributed by atoms with Gasteiger partial charge in [0, 0.05) is 33.2 Å². The minimum absolute atomic E-state index is 0.945. The summed E-state index contributed by atoms with van der Waals surface area (Å²) < 4.78 is 0. The van der Waals surface area contributed by atoms with Crippen molar-refractivity contribution in [2.75, 3.05) is 46.8 Å². The maximum atomic E-state index is 4.44. The second kappa shape index (κ2) is 9.36. The lowest BCUT2D eigenvalue weighted by Gasteiger charge is -2.31. The van der Waals surface area contributed by atoms with Gasteiger partial charge in [0.25, 0.3) is 0 Å². The number of nitrogens with one attached hydrogen (secondary N) is 1. The Labute approximate surface area is 140 Å². The highest BCUT2D eigenvalue weighted by Crippen LogP contribution is 2.19. The molecule has 4 heteroatoms. The Bertz CT molecular complexity index is 511. The summed E-state index contributed by atoms with van der Waals surface area (Å²) in [6, 6.07) is 10.6. The van der Waals surface area contributed by atoms with Crippen molar-refractivity contribution >= 4 is 12.0 Å². The minimum atomic E-state index is 0.945. The monoisotopic (exact) mass is 314 g/mol. The first-order chi connectivity index (χ1) is 11.2. The van der Waals surface area contributed by atoms with E-state index in [1.165, 1.54) is 11.1 Å². The zero-order chi connectivity index (χ0) is 16.5. The third kappa shape index (κ3) is 5.71. The Balaban J connectivity index is 1.81. The Morgan fingerprint density at radius 2 is 1.96 bits per heavy atom. The number of likely N-dealkylation sites (N-methyl/N-ethyl adjacent to an activating group) is 1. The molecule has 0 aliphatic carbocycles. The Morgan fingerprint density at radius 3 is 2.57 bits per heavy atom. The summed E-state index contributed by atoms with van der Waals surface area (Å²) in [5, 5.41) is 3.48. The number of guanidine groups is 1. The molecule has 1 aliphatic rings. The van der Waals surface area contributed by atoms with Crippen LogP contribution in [0.25, 0.3) is 6.08 Å². The lowest BCUT2D eigenvalue weighted by Crippen LogP contribution is -2.46. The van der Waals surface area contributed by atoms with Crippen molar-refractivity contribution in [2.24, 2.45) is 4.99 Å². The first-order valence-electron chi connectivity index (χ1n) is 8.61. The first kappa shape index (κ1) is 17.5. The summed E-state index contributed by atoms with van der Waals surface area (Å²) in [6.07, 6.45) is 4.57. The topological polar surface area (TPSA) is 30.9 Å². The molecule has 0 saturated carbocycles. The van der Waals surface area contributed by atoms with Crippen LogP contribution in [0.15, 0.2) is 40.9 Å². The quantitative estimate of drug-likeness (QED) is 0.670. The summed E-state index contributed by atoms with van der Waals surface area (Å²) in [5.41, 5.74) is 2.84. The van der Waals surface area contributed by atoms with Crippen LogP contribution < -0.4 is 5.32 Å². The fourth-order valence-corrected chi connectivity index (χ4v) is 2.78. The molecule has 1 N–H and O–H groups in total. The van der Waals surface area contributed by atoms with Gasteiger partial charge in [0.2, 0.25) is 0 Å². The molecule has 1 heterocycles. The molecule has 2 rings (SSSR count). The summed E-state index contributed by atoms with van der Waals surface area (Å²) in [5.74, 6) is 1.04. The van der Waals surface area contributed by atoms with Crippen LogP contribution in [0.3, 0.4) is 0 Å². The van der Waals surface area contributed by atoms with E-state index in [-0.39, 0.29) is 0 Å². The number of piperidine rings is 1. The van der Waals surface area contributed by atoms with Crippen molar-refractivity contribution in [3.63, 3.8) is 0 Å². The standard InChI is InChI=1S/C19H30N4/c1-4-22(3)15-12-21-19(20-2)23-13-10-18(11-14-23)16-17-8-6-5-7-9-17/h5-9,16H,4,10-15H2,1-3H3,(H,20,21). The van der Waals surface area contributed by atoms with Gasteiger partial charge in [-0.15, -0.1) is 0 Å². The van der Waals surface area contributed by atoms with Gasteiger partial charge in [-0.25, -0.2) is 0 Å². The number of rotatable bonds is 5. The first-order valence-corrected chi connectivity index (χ1v) is 8.61. The molecule has 1 aromatic rings. The van der Waals surface area contributed by atoms with Gasteiger partial charge >= 0.3 is 0 Å².